The number of nitrogens with one attached hydrogen (secondary N) is 2. The van der Waals surface area contributed by atoms with Gasteiger partial charge in [-0.15, -0.1) is 5.10 Å². The Morgan fingerprint density at radius 3 is 2.90 bits per heavy atom. The van der Waals surface area contributed by atoms with Crippen LogP contribution in [0.5, 0.6) is 5.75 Å². The minimum Gasteiger partial charge on any atom is -0.497 e. The third-order valence-corrected chi connectivity index (χ3v) is 5.35. The van der Waals surface area contributed by atoms with Crippen molar-refractivity contribution in [3.8, 4) is 17.3 Å². The molecule has 1 aliphatic rings. The maximum absolute atomic E-state index is 7.88. The highest BCUT2D eigenvalue weighted by molar-refractivity contribution is 5.93. The Bertz CT molecular complexity index is 1250. The lowest BCUT2D eigenvalue weighted by atomic mass is 10.1. The van der Waals surface area contributed by atoms with E-state index in [1.165, 1.54) is 21.9 Å². The highest BCUT2D eigenvalue weighted by Crippen LogP contribution is 2.27. The van der Waals surface area contributed by atoms with E-state index in [2.05, 4.69) is 37.4 Å². The molecule has 0 atom stereocenters. The number of hydrogen-bond donors (Lipinski definition) is 3. The second-order valence-electron chi connectivity index (χ2n) is 7.30. The van der Waals surface area contributed by atoms with E-state index < -0.39 is 0 Å². The highest BCUT2D eigenvalue weighted by Gasteiger charge is 2.20. The van der Waals surface area contributed by atoms with E-state index in [1.54, 1.807) is 25.5 Å². The van der Waals surface area contributed by atoms with Crippen molar-refractivity contribution in [2.45, 2.75) is 13.1 Å². The van der Waals surface area contributed by atoms with Crippen molar-refractivity contribution in [2.24, 2.45) is 0 Å². The number of hydrogen-bond acceptors (Lipinski definition) is 9. The zero-order chi connectivity index (χ0) is 21.4. The summed E-state index contributed by atoms with van der Waals surface area (Å²) in [6.07, 6.45) is 2.77. The molecule has 4 aromatic rings. The van der Waals surface area contributed by atoms with Crippen LogP contribution in [0.1, 0.15) is 16.7 Å². The SMILES string of the molecule is COc1ccc2c(c1)CN(CCNc1nc(N)n3nc(-c4ccco4)nc3c1C=N)C2. The minimum absolute atomic E-state index is 0.189. The molecule has 0 bridgehead atoms. The molecule has 0 radical (unpaired) electrons. The second-order valence-corrected chi connectivity index (χ2v) is 7.30. The number of nitrogen functional groups attached to an aromatic ring is 1. The van der Waals surface area contributed by atoms with Gasteiger partial charge in [-0.3, -0.25) is 4.90 Å². The molecule has 1 aliphatic heterocycles. The first-order valence-electron chi connectivity index (χ1n) is 9.89. The van der Waals surface area contributed by atoms with Gasteiger partial charge in [0, 0.05) is 32.4 Å². The van der Waals surface area contributed by atoms with Crippen molar-refractivity contribution in [3.05, 3.63) is 53.3 Å². The summed E-state index contributed by atoms with van der Waals surface area (Å²) in [6.45, 7) is 3.22. The Kier molecular flexibility index (Phi) is 4.75. The van der Waals surface area contributed by atoms with E-state index in [0.29, 0.717) is 35.2 Å². The highest BCUT2D eigenvalue weighted by atomic mass is 16.5. The molecule has 0 fully saturated rings. The first-order valence-corrected chi connectivity index (χ1v) is 9.89. The van der Waals surface area contributed by atoms with E-state index in [4.69, 9.17) is 20.3 Å². The summed E-state index contributed by atoms with van der Waals surface area (Å²) in [6, 6.07) is 9.74. The van der Waals surface area contributed by atoms with Gasteiger partial charge in [0.05, 0.1) is 18.9 Å². The number of benzene rings is 1. The van der Waals surface area contributed by atoms with Gasteiger partial charge in [-0.05, 0) is 35.4 Å². The van der Waals surface area contributed by atoms with Gasteiger partial charge in [0.25, 0.3) is 0 Å². The number of nitrogens with zero attached hydrogens (tertiary/aromatic N) is 5. The fraction of sp³-hybridized carbons (Fsp3) is 0.238. The Morgan fingerprint density at radius 1 is 1.26 bits per heavy atom. The first kappa shape index (κ1) is 19.1. The maximum atomic E-state index is 7.88. The van der Waals surface area contributed by atoms with E-state index >= 15 is 0 Å². The molecule has 0 aliphatic carbocycles. The number of anilines is 2. The molecule has 4 N–H and O–H groups in total. The molecular formula is C21H22N8O2. The molecule has 1 aromatic carbocycles. The predicted molar refractivity (Wildman–Crippen MR) is 116 cm³/mol. The molecule has 0 saturated heterocycles. The monoisotopic (exact) mass is 418 g/mol. The van der Waals surface area contributed by atoms with E-state index in [-0.39, 0.29) is 5.95 Å². The lowest BCUT2D eigenvalue weighted by molar-refractivity contribution is 0.295. The van der Waals surface area contributed by atoms with Gasteiger partial charge in [0.15, 0.2) is 11.4 Å². The minimum atomic E-state index is 0.189. The number of methoxy groups -OCH3 is 1. The Morgan fingerprint density at radius 2 is 2.13 bits per heavy atom. The third kappa shape index (κ3) is 3.46. The quantitative estimate of drug-likeness (QED) is 0.390. The summed E-state index contributed by atoms with van der Waals surface area (Å²) in [5, 5.41) is 15.5. The van der Waals surface area contributed by atoms with Crippen LogP contribution in [-0.2, 0) is 13.1 Å². The van der Waals surface area contributed by atoms with Crippen LogP contribution in [0.2, 0.25) is 0 Å². The average Bonchev–Trinajstić information content (AvgIpc) is 3.52. The summed E-state index contributed by atoms with van der Waals surface area (Å²) in [7, 11) is 1.68. The van der Waals surface area contributed by atoms with Crippen LogP contribution in [0.25, 0.3) is 17.2 Å². The van der Waals surface area contributed by atoms with Gasteiger partial charge in [-0.2, -0.15) is 9.50 Å². The van der Waals surface area contributed by atoms with Crippen LogP contribution in [0.15, 0.2) is 41.0 Å². The van der Waals surface area contributed by atoms with Gasteiger partial charge in [0.1, 0.15) is 11.6 Å². The number of furan rings is 1. The molecule has 4 heterocycles. The first-order chi connectivity index (χ1) is 15.2. The Balaban J connectivity index is 1.32. The zero-order valence-corrected chi connectivity index (χ0v) is 17.0. The third-order valence-electron chi connectivity index (χ3n) is 5.35. The molecule has 31 heavy (non-hydrogen) atoms. The van der Waals surface area contributed by atoms with E-state index in [0.717, 1.165) is 25.4 Å². The average molecular weight is 418 g/mol. The van der Waals surface area contributed by atoms with Crippen LogP contribution < -0.4 is 15.8 Å². The molecule has 3 aromatic heterocycles. The van der Waals surface area contributed by atoms with Gasteiger partial charge in [0.2, 0.25) is 11.8 Å². The molecule has 10 heteroatoms. The summed E-state index contributed by atoms with van der Waals surface area (Å²) in [5.41, 5.74) is 9.69. The van der Waals surface area contributed by atoms with Crippen LogP contribution in [0.3, 0.4) is 0 Å². The lowest BCUT2D eigenvalue weighted by Crippen LogP contribution is -2.25. The summed E-state index contributed by atoms with van der Waals surface area (Å²) >= 11 is 0. The number of fused-ring (bicyclic) bond motifs is 2. The fourth-order valence-corrected chi connectivity index (χ4v) is 3.81. The predicted octanol–water partition coefficient (Wildman–Crippen LogP) is 2.40. The lowest BCUT2D eigenvalue weighted by Gasteiger charge is -2.16. The normalized spacial score (nSPS) is 13.5. The van der Waals surface area contributed by atoms with Gasteiger partial charge >= 0.3 is 0 Å². The fourth-order valence-electron chi connectivity index (χ4n) is 3.81. The number of aromatic nitrogens is 4. The molecule has 0 unspecified atom stereocenters. The zero-order valence-electron chi connectivity index (χ0n) is 17.0. The smallest absolute Gasteiger partial charge is 0.225 e. The Labute approximate surface area is 178 Å². The van der Waals surface area contributed by atoms with E-state index in [1.807, 2.05) is 6.07 Å². The van der Waals surface area contributed by atoms with Crippen LogP contribution in [0, 0.1) is 5.41 Å². The van der Waals surface area contributed by atoms with Gasteiger partial charge < -0.3 is 25.6 Å². The number of nitrogens with two attached hydrogens (primary N) is 1. The molecule has 5 rings (SSSR count). The van der Waals surface area contributed by atoms with Crippen LogP contribution in [-0.4, -0.2) is 50.9 Å². The molecule has 0 spiro atoms. The second kappa shape index (κ2) is 7.73. The maximum Gasteiger partial charge on any atom is 0.225 e. The van der Waals surface area contributed by atoms with Gasteiger partial charge in [-0.1, -0.05) is 6.07 Å². The molecule has 158 valence electrons. The van der Waals surface area contributed by atoms with Crippen LogP contribution in [0.4, 0.5) is 11.8 Å². The van der Waals surface area contributed by atoms with Crippen molar-refractivity contribution in [2.75, 3.05) is 31.2 Å². The van der Waals surface area contributed by atoms with Crippen molar-refractivity contribution >= 4 is 23.6 Å². The van der Waals surface area contributed by atoms with Gasteiger partial charge in [-0.25, -0.2) is 4.98 Å². The van der Waals surface area contributed by atoms with E-state index in [9.17, 15) is 0 Å². The topological polar surface area (TPSA) is 131 Å². The molecular weight excluding hydrogens is 396 g/mol. The number of rotatable bonds is 7. The van der Waals surface area contributed by atoms with Crippen molar-refractivity contribution in [3.63, 3.8) is 0 Å². The largest absolute Gasteiger partial charge is 0.497 e. The molecule has 0 saturated carbocycles. The number of ether oxygens (including phenoxy) is 1. The molecule has 10 nitrogen and oxygen atoms in total. The van der Waals surface area contributed by atoms with Crippen molar-refractivity contribution in [1.29, 1.82) is 5.41 Å². The van der Waals surface area contributed by atoms with Crippen LogP contribution >= 0.6 is 0 Å². The summed E-state index contributed by atoms with van der Waals surface area (Å²) < 4.78 is 12.1. The standard InChI is InChI=1S/C21H22N8O2/c1-30-15-5-4-13-11-28(12-14(13)9-15)7-6-24-18-16(10-22)20-25-19(17-3-2-8-31-17)27-29(20)21(23)26-18/h2-5,8-10,22,24H,6-7,11-12H2,1H3,(H2,23,26). The summed E-state index contributed by atoms with van der Waals surface area (Å²) in [5.74, 6) is 2.50. The van der Waals surface area contributed by atoms with Crippen molar-refractivity contribution in [1.82, 2.24) is 24.5 Å². The summed E-state index contributed by atoms with van der Waals surface area (Å²) in [4.78, 5) is 11.2. The van der Waals surface area contributed by atoms with Crippen molar-refractivity contribution < 1.29 is 9.15 Å². The molecule has 0 amide bonds. The Hall–Kier alpha value is -3.92.